The van der Waals surface area contributed by atoms with Gasteiger partial charge in [-0.25, -0.2) is 0 Å². The number of nitrogens with one attached hydrogen (secondary N) is 1. The Hall–Kier alpha value is -3.02. The molecule has 2 aromatic rings. The van der Waals surface area contributed by atoms with E-state index in [0.717, 1.165) is 24.2 Å². The Balaban J connectivity index is 1.63. The molecule has 1 atom stereocenters. The summed E-state index contributed by atoms with van der Waals surface area (Å²) >= 11 is 0. The Morgan fingerprint density at radius 1 is 1.07 bits per heavy atom. The maximum Gasteiger partial charge on any atom is 0.253 e. The second-order valence-electron chi connectivity index (χ2n) is 7.65. The fourth-order valence-electron chi connectivity index (χ4n) is 3.69. The zero-order valence-electron chi connectivity index (χ0n) is 17.2. The van der Waals surface area contributed by atoms with Crippen LogP contribution in [0.3, 0.4) is 0 Å². The number of likely N-dealkylation sites (tertiary alicyclic amines) is 1. The summed E-state index contributed by atoms with van der Waals surface area (Å²) in [5, 5.41) is 3.03. The van der Waals surface area contributed by atoms with Crippen molar-refractivity contribution in [1.29, 1.82) is 0 Å². The molecule has 1 heterocycles. The average Bonchev–Trinajstić information content (AvgIpc) is 2.77. The van der Waals surface area contributed by atoms with Crippen molar-refractivity contribution in [3.63, 3.8) is 0 Å². The Morgan fingerprint density at radius 2 is 1.79 bits per heavy atom. The van der Waals surface area contributed by atoms with E-state index in [4.69, 9.17) is 9.47 Å². The van der Waals surface area contributed by atoms with Crippen LogP contribution in [-0.4, -0.2) is 44.0 Å². The van der Waals surface area contributed by atoms with Crippen molar-refractivity contribution in [3.05, 3.63) is 59.7 Å². The summed E-state index contributed by atoms with van der Waals surface area (Å²) in [6.07, 6.45) is 1.55. The summed E-state index contributed by atoms with van der Waals surface area (Å²) in [7, 11) is 3.21. The second-order valence-corrected chi connectivity index (χ2v) is 7.65. The van der Waals surface area contributed by atoms with Gasteiger partial charge < -0.3 is 19.7 Å². The third kappa shape index (κ3) is 4.88. The van der Waals surface area contributed by atoms with E-state index in [1.54, 1.807) is 43.4 Å². The zero-order valence-corrected chi connectivity index (χ0v) is 17.2. The quantitative estimate of drug-likeness (QED) is 0.814. The summed E-state index contributed by atoms with van der Waals surface area (Å²) in [5.41, 5.74) is 0.967. The zero-order chi connectivity index (χ0) is 20.9. The number of hydrogen-bond acceptors (Lipinski definition) is 4. The summed E-state index contributed by atoms with van der Waals surface area (Å²) in [6, 6.07) is 14.7. The van der Waals surface area contributed by atoms with Gasteiger partial charge in [0.25, 0.3) is 5.91 Å². The average molecular weight is 396 g/mol. The van der Waals surface area contributed by atoms with Crippen LogP contribution in [0.1, 0.15) is 35.7 Å². The number of benzene rings is 2. The van der Waals surface area contributed by atoms with Crippen molar-refractivity contribution >= 4 is 11.8 Å². The Kier molecular flexibility index (Phi) is 6.42. The number of methoxy groups -OCH3 is 2. The SMILES string of the molecule is COc1ccc(C(=O)N2CCC[C@@](C)(C(=O)NCc3cccc(OC)c3)C2)cc1. The molecule has 1 aliphatic rings. The van der Waals surface area contributed by atoms with Crippen LogP contribution in [0.15, 0.2) is 48.5 Å². The van der Waals surface area contributed by atoms with Crippen LogP contribution < -0.4 is 14.8 Å². The summed E-state index contributed by atoms with van der Waals surface area (Å²) < 4.78 is 10.4. The molecule has 0 radical (unpaired) electrons. The van der Waals surface area contributed by atoms with Gasteiger partial charge >= 0.3 is 0 Å². The van der Waals surface area contributed by atoms with Gasteiger partial charge in [-0.15, -0.1) is 0 Å². The van der Waals surface area contributed by atoms with Gasteiger partial charge in [-0.3, -0.25) is 9.59 Å². The molecule has 29 heavy (non-hydrogen) atoms. The van der Waals surface area contributed by atoms with Crippen LogP contribution in [0.25, 0.3) is 0 Å². The monoisotopic (exact) mass is 396 g/mol. The highest BCUT2D eigenvalue weighted by Gasteiger charge is 2.39. The molecule has 6 nitrogen and oxygen atoms in total. The predicted octanol–water partition coefficient (Wildman–Crippen LogP) is 3.26. The van der Waals surface area contributed by atoms with Gasteiger partial charge in [0.2, 0.25) is 5.91 Å². The van der Waals surface area contributed by atoms with Gasteiger partial charge in [-0.1, -0.05) is 12.1 Å². The van der Waals surface area contributed by atoms with Gasteiger partial charge in [-0.05, 0) is 61.7 Å². The van der Waals surface area contributed by atoms with E-state index >= 15 is 0 Å². The summed E-state index contributed by atoms with van der Waals surface area (Å²) in [4.78, 5) is 27.6. The van der Waals surface area contributed by atoms with Crippen LogP contribution >= 0.6 is 0 Å². The number of nitrogens with zero attached hydrogens (tertiary/aromatic N) is 1. The van der Waals surface area contributed by atoms with E-state index < -0.39 is 5.41 Å². The molecule has 0 unspecified atom stereocenters. The predicted molar refractivity (Wildman–Crippen MR) is 111 cm³/mol. The molecular formula is C23H28N2O4. The second kappa shape index (κ2) is 8.99. The molecule has 2 amide bonds. The minimum Gasteiger partial charge on any atom is -0.497 e. The van der Waals surface area contributed by atoms with Crippen LogP contribution in [0.4, 0.5) is 0 Å². The Labute approximate surface area is 171 Å². The molecule has 1 fully saturated rings. The lowest BCUT2D eigenvalue weighted by atomic mass is 9.80. The number of amides is 2. The number of piperidine rings is 1. The first-order chi connectivity index (χ1) is 13.9. The Bertz CT molecular complexity index is 865. The number of hydrogen-bond donors (Lipinski definition) is 1. The van der Waals surface area contributed by atoms with Crippen LogP contribution in [0, 0.1) is 5.41 Å². The normalized spacial score (nSPS) is 18.8. The lowest BCUT2D eigenvalue weighted by molar-refractivity contribution is -0.132. The van der Waals surface area contributed by atoms with E-state index in [-0.39, 0.29) is 11.8 Å². The van der Waals surface area contributed by atoms with Crippen molar-refractivity contribution in [2.45, 2.75) is 26.3 Å². The van der Waals surface area contributed by atoms with Crippen molar-refractivity contribution in [1.82, 2.24) is 10.2 Å². The van der Waals surface area contributed by atoms with E-state index in [9.17, 15) is 9.59 Å². The molecule has 2 aromatic carbocycles. The molecule has 0 saturated carbocycles. The Morgan fingerprint density at radius 3 is 2.48 bits per heavy atom. The van der Waals surface area contributed by atoms with Crippen molar-refractivity contribution < 1.29 is 19.1 Å². The number of ether oxygens (including phenoxy) is 2. The molecule has 154 valence electrons. The number of rotatable bonds is 6. The lowest BCUT2D eigenvalue weighted by Crippen LogP contribution is -2.51. The molecular weight excluding hydrogens is 368 g/mol. The van der Waals surface area contributed by atoms with Crippen LogP contribution in [0.2, 0.25) is 0 Å². The third-order valence-corrected chi connectivity index (χ3v) is 5.46. The fourth-order valence-corrected chi connectivity index (χ4v) is 3.69. The summed E-state index contributed by atoms with van der Waals surface area (Å²) in [5.74, 6) is 1.38. The smallest absolute Gasteiger partial charge is 0.253 e. The molecule has 1 aliphatic heterocycles. The van der Waals surface area contributed by atoms with Crippen LogP contribution in [0.5, 0.6) is 11.5 Å². The van der Waals surface area contributed by atoms with Gasteiger partial charge in [0.15, 0.2) is 0 Å². The van der Waals surface area contributed by atoms with Gasteiger partial charge in [0.1, 0.15) is 11.5 Å². The molecule has 3 rings (SSSR count). The maximum absolute atomic E-state index is 12.9. The number of carbonyl (C=O) groups is 2. The standard InChI is InChI=1S/C23H28N2O4/c1-23(22(27)24-15-17-6-4-7-20(14-17)29-3)12-5-13-25(16-23)21(26)18-8-10-19(28-2)11-9-18/h4,6-11,14H,5,12-13,15-16H2,1-3H3,(H,24,27)/t23-/m1/s1. The van der Waals surface area contributed by atoms with Crippen molar-refractivity contribution in [2.24, 2.45) is 5.41 Å². The lowest BCUT2D eigenvalue weighted by Gasteiger charge is -2.39. The first-order valence-electron chi connectivity index (χ1n) is 9.80. The number of carbonyl (C=O) groups excluding carboxylic acids is 2. The highest BCUT2D eigenvalue weighted by Crippen LogP contribution is 2.31. The van der Waals surface area contributed by atoms with E-state index in [1.807, 2.05) is 31.2 Å². The molecule has 0 aliphatic carbocycles. The molecule has 1 N–H and O–H groups in total. The first kappa shape index (κ1) is 20.7. The minimum absolute atomic E-state index is 0.0347. The topological polar surface area (TPSA) is 67.9 Å². The van der Waals surface area contributed by atoms with Crippen LogP contribution in [-0.2, 0) is 11.3 Å². The molecule has 0 aromatic heterocycles. The van der Waals surface area contributed by atoms with E-state index in [2.05, 4.69) is 5.32 Å². The molecule has 1 saturated heterocycles. The first-order valence-corrected chi connectivity index (χ1v) is 9.80. The molecule has 6 heteroatoms. The van der Waals surface area contributed by atoms with Crippen molar-refractivity contribution in [2.75, 3.05) is 27.3 Å². The summed E-state index contributed by atoms with van der Waals surface area (Å²) in [6.45, 7) is 3.42. The van der Waals surface area contributed by atoms with E-state index in [1.165, 1.54) is 0 Å². The van der Waals surface area contributed by atoms with Gasteiger partial charge in [0, 0.05) is 25.2 Å². The largest absolute Gasteiger partial charge is 0.497 e. The molecule has 0 spiro atoms. The van der Waals surface area contributed by atoms with Gasteiger partial charge in [-0.2, -0.15) is 0 Å². The minimum atomic E-state index is -0.612. The maximum atomic E-state index is 12.9. The van der Waals surface area contributed by atoms with Gasteiger partial charge in [0.05, 0.1) is 19.6 Å². The highest BCUT2D eigenvalue weighted by atomic mass is 16.5. The van der Waals surface area contributed by atoms with E-state index in [0.29, 0.717) is 30.9 Å². The molecule has 0 bridgehead atoms. The van der Waals surface area contributed by atoms with Crippen molar-refractivity contribution in [3.8, 4) is 11.5 Å². The fraction of sp³-hybridized carbons (Fsp3) is 0.391. The third-order valence-electron chi connectivity index (χ3n) is 5.46. The highest BCUT2D eigenvalue weighted by molar-refractivity contribution is 5.95.